The highest BCUT2D eigenvalue weighted by Gasteiger charge is 2.05. The second-order valence-corrected chi connectivity index (χ2v) is 11.4. The van der Waals surface area contributed by atoms with Gasteiger partial charge in [-0.15, -0.1) is 6.42 Å². The number of hydrogen-bond acceptors (Lipinski definition) is 4. The van der Waals surface area contributed by atoms with Gasteiger partial charge in [0, 0.05) is 33.6 Å². The minimum Gasteiger partial charge on any atom is -0.240 e. The van der Waals surface area contributed by atoms with E-state index in [0.717, 1.165) is 14.7 Å². The average molecular weight is 771 g/mol. The second-order valence-electron chi connectivity index (χ2n) is 9.31. The van der Waals surface area contributed by atoms with Gasteiger partial charge in [0.25, 0.3) is 0 Å². The van der Waals surface area contributed by atoms with Crippen LogP contribution in [-0.4, -0.2) is 19.6 Å². The molecule has 0 amide bonds. The maximum Gasteiger partial charge on any atom is 0.126 e. The van der Waals surface area contributed by atoms with Crippen molar-refractivity contribution in [3.8, 4) is 47.7 Å². The molecular weight excluding hydrogens is 752 g/mol. The maximum absolute atomic E-state index is 13.5. The van der Waals surface area contributed by atoms with Crippen LogP contribution in [0.15, 0.2) is 110 Å². The molecule has 4 aromatic carbocycles. The van der Waals surface area contributed by atoms with Crippen LogP contribution in [0.5, 0.6) is 0 Å². The van der Waals surface area contributed by atoms with Crippen LogP contribution in [0.3, 0.4) is 0 Å². The van der Waals surface area contributed by atoms with Gasteiger partial charge in [-0.05, 0) is 95.4 Å². The Morgan fingerprint density at radius 2 is 1.15 bits per heavy atom. The molecule has 6 aromatic rings. The molecule has 228 valence electrons. The van der Waals surface area contributed by atoms with Gasteiger partial charge in [-0.1, -0.05) is 53.1 Å². The van der Waals surface area contributed by atoms with Crippen molar-refractivity contribution in [3.05, 3.63) is 163 Å². The van der Waals surface area contributed by atoms with Crippen molar-refractivity contribution in [2.24, 2.45) is 0 Å². The SMILES string of the molecule is C#Cc1cccc(Cl)c1.N#Cc1cc(F)cc(-n2cc(C#Cc3cccc(Cl)c3)cn2)c1.N#Cc1cc(F)cc(-n2cc(I)cn2)c1. The van der Waals surface area contributed by atoms with Crippen LogP contribution in [0.2, 0.25) is 10.0 Å². The Balaban J connectivity index is 0.000000178. The van der Waals surface area contributed by atoms with Crippen molar-refractivity contribution in [3.63, 3.8) is 0 Å². The van der Waals surface area contributed by atoms with Gasteiger partial charge < -0.3 is 0 Å². The monoisotopic (exact) mass is 770 g/mol. The number of benzene rings is 4. The van der Waals surface area contributed by atoms with Gasteiger partial charge in [-0.25, -0.2) is 18.1 Å². The summed E-state index contributed by atoms with van der Waals surface area (Å²) in [4.78, 5) is 0. The topological polar surface area (TPSA) is 83.2 Å². The molecule has 0 saturated carbocycles. The summed E-state index contributed by atoms with van der Waals surface area (Å²) in [7, 11) is 0. The number of hydrogen-bond donors (Lipinski definition) is 0. The Kier molecular flexibility index (Phi) is 12.3. The van der Waals surface area contributed by atoms with E-state index in [-0.39, 0.29) is 11.1 Å². The number of halogens is 5. The number of rotatable bonds is 2. The van der Waals surface area contributed by atoms with E-state index in [1.807, 2.05) is 36.4 Å². The maximum atomic E-state index is 13.5. The van der Waals surface area contributed by atoms with Gasteiger partial charge in [-0.3, -0.25) is 0 Å². The molecule has 0 unspecified atom stereocenters. The zero-order valence-corrected chi connectivity index (χ0v) is 27.7. The molecule has 2 heterocycles. The summed E-state index contributed by atoms with van der Waals surface area (Å²) in [5, 5.41) is 27.1. The first-order valence-electron chi connectivity index (χ1n) is 13.3. The van der Waals surface area contributed by atoms with Crippen LogP contribution in [0.25, 0.3) is 11.4 Å². The van der Waals surface area contributed by atoms with E-state index in [1.54, 1.807) is 61.2 Å². The molecule has 0 spiro atoms. The average Bonchev–Trinajstić information content (AvgIpc) is 3.73. The lowest BCUT2D eigenvalue weighted by atomic mass is 10.2. The molecule has 0 aliphatic rings. The molecule has 0 saturated heterocycles. The summed E-state index contributed by atoms with van der Waals surface area (Å²) in [6.07, 6.45) is 11.8. The van der Waals surface area contributed by atoms with E-state index in [9.17, 15) is 8.78 Å². The zero-order valence-electron chi connectivity index (χ0n) is 24.0. The fraction of sp³-hybridized carbons (Fsp3) is 0. The van der Waals surface area contributed by atoms with Crippen LogP contribution in [0.4, 0.5) is 8.78 Å². The number of nitriles is 2. The predicted molar refractivity (Wildman–Crippen MR) is 186 cm³/mol. The molecule has 6 nitrogen and oxygen atoms in total. The third-order valence-corrected chi connectivity index (χ3v) is 6.88. The molecular formula is C36H19Cl2F2IN6. The van der Waals surface area contributed by atoms with Crippen molar-refractivity contribution in [1.29, 1.82) is 10.5 Å². The smallest absolute Gasteiger partial charge is 0.126 e. The lowest BCUT2D eigenvalue weighted by Crippen LogP contribution is -1.96. The first-order chi connectivity index (χ1) is 22.6. The van der Waals surface area contributed by atoms with Gasteiger partial charge in [0.1, 0.15) is 11.6 Å². The van der Waals surface area contributed by atoms with Crippen molar-refractivity contribution in [2.45, 2.75) is 0 Å². The van der Waals surface area contributed by atoms with Crippen molar-refractivity contribution >= 4 is 45.8 Å². The number of terminal acetylenes is 1. The molecule has 0 atom stereocenters. The number of aromatic nitrogens is 4. The summed E-state index contributed by atoms with van der Waals surface area (Å²) in [5.74, 6) is 7.52. The fourth-order valence-electron chi connectivity index (χ4n) is 3.80. The van der Waals surface area contributed by atoms with E-state index in [2.05, 4.69) is 50.5 Å². The fourth-order valence-corrected chi connectivity index (χ4v) is 4.57. The van der Waals surface area contributed by atoms with Gasteiger partial charge in [0.2, 0.25) is 0 Å². The molecule has 47 heavy (non-hydrogen) atoms. The van der Waals surface area contributed by atoms with E-state index in [1.165, 1.54) is 33.6 Å². The van der Waals surface area contributed by atoms with Crippen LogP contribution in [-0.2, 0) is 0 Å². The molecule has 2 aromatic heterocycles. The van der Waals surface area contributed by atoms with Crippen LogP contribution >= 0.6 is 45.8 Å². The molecule has 6 rings (SSSR count). The summed E-state index contributed by atoms with van der Waals surface area (Å²) in [6, 6.07) is 26.4. The van der Waals surface area contributed by atoms with Crippen LogP contribution in [0.1, 0.15) is 27.8 Å². The Hall–Kier alpha value is -5.43. The third-order valence-electron chi connectivity index (χ3n) is 5.85. The second kappa shape index (κ2) is 16.8. The third kappa shape index (κ3) is 10.6. The quantitative estimate of drug-likeness (QED) is 0.130. The van der Waals surface area contributed by atoms with E-state index < -0.39 is 11.6 Å². The minimum atomic E-state index is -0.485. The molecule has 11 heteroatoms. The van der Waals surface area contributed by atoms with Crippen LogP contribution < -0.4 is 0 Å². The molecule has 0 fully saturated rings. The highest BCUT2D eigenvalue weighted by molar-refractivity contribution is 14.1. The molecule has 0 radical (unpaired) electrons. The number of nitrogens with zero attached hydrogens (tertiary/aromatic N) is 6. The van der Waals surface area contributed by atoms with Gasteiger partial charge >= 0.3 is 0 Å². The first kappa shape index (κ1) is 34.4. The van der Waals surface area contributed by atoms with Gasteiger partial charge in [0.05, 0.1) is 56.2 Å². The van der Waals surface area contributed by atoms with Gasteiger partial charge in [0.15, 0.2) is 0 Å². The highest BCUT2D eigenvalue weighted by Crippen LogP contribution is 2.15. The highest BCUT2D eigenvalue weighted by atomic mass is 127. The molecule has 0 bridgehead atoms. The van der Waals surface area contributed by atoms with E-state index in [0.29, 0.717) is 27.0 Å². The van der Waals surface area contributed by atoms with Gasteiger partial charge in [-0.2, -0.15) is 20.7 Å². The summed E-state index contributed by atoms with van der Waals surface area (Å²) in [6.45, 7) is 0. The van der Waals surface area contributed by atoms with Crippen molar-refractivity contribution < 1.29 is 8.78 Å². The Bertz CT molecular complexity index is 2230. The largest absolute Gasteiger partial charge is 0.240 e. The van der Waals surface area contributed by atoms with Crippen molar-refractivity contribution in [1.82, 2.24) is 19.6 Å². The van der Waals surface area contributed by atoms with E-state index >= 15 is 0 Å². The molecule has 0 aliphatic carbocycles. The standard InChI is InChI=1S/C18H9ClFN3.C10H5FIN3.C8H5Cl/c19-16-3-1-2-13(6-16)4-5-14-11-22-23(12-14)18-8-15(10-21)7-17(20)9-18;11-8-1-7(4-13)2-10(3-8)15-6-9(12)5-14-15;1-2-7-4-3-5-8(9)6-7/h1-3,6-9,11-12H;1-3,5-6H;1,3-6H. The summed E-state index contributed by atoms with van der Waals surface area (Å²) < 4.78 is 30.6. The normalized spacial score (nSPS) is 9.57. The Morgan fingerprint density at radius 1 is 0.638 bits per heavy atom. The van der Waals surface area contributed by atoms with Crippen molar-refractivity contribution in [2.75, 3.05) is 0 Å². The zero-order chi connectivity index (χ0) is 33.8. The summed E-state index contributed by atoms with van der Waals surface area (Å²) >= 11 is 13.6. The molecule has 0 aliphatic heterocycles. The first-order valence-corrected chi connectivity index (χ1v) is 15.2. The summed E-state index contributed by atoms with van der Waals surface area (Å²) in [5.41, 5.74) is 3.84. The Morgan fingerprint density at radius 3 is 1.64 bits per heavy atom. The predicted octanol–water partition coefficient (Wildman–Crippen LogP) is 8.75. The van der Waals surface area contributed by atoms with E-state index in [4.69, 9.17) is 40.1 Å². The minimum absolute atomic E-state index is 0.238. The lowest BCUT2D eigenvalue weighted by molar-refractivity contribution is 0.624. The van der Waals surface area contributed by atoms with Crippen LogP contribution in [0, 0.1) is 62.1 Å². The molecule has 0 N–H and O–H groups in total. The Labute approximate surface area is 293 Å². The lowest BCUT2D eigenvalue weighted by Gasteiger charge is -2.01.